The first-order valence-electron chi connectivity index (χ1n) is 8.14. The summed E-state index contributed by atoms with van der Waals surface area (Å²) in [6, 6.07) is 12.9. The van der Waals surface area contributed by atoms with Crippen molar-refractivity contribution < 1.29 is 4.74 Å². The van der Waals surface area contributed by atoms with Crippen LogP contribution in [0.2, 0.25) is 10.0 Å². The average molecular weight is 400 g/mol. The van der Waals surface area contributed by atoms with Crippen LogP contribution < -0.4 is 10.5 Å². The highest BCUT2D eigenvalue weighted by atomic mass is 35.5. The van der Waals surface area contributed by atoms with Crippen molar-refractivity contribution in [3.63, 3.8) is 0 Å². The summed E-state index contributed by atoms with van der Waals surface area (Å²) in [6.45, 7) is 0.401. The minimum atomic E-state index is 0.345. The molecule has 0 spiro atoms. The molecule has 4 rings (SSSR count). The van der Waals surface area contributed by atoms with Gasteiger partial charge in [0.1, 0.15) is 11.6 Å². The van der Waals surface area contributed by atoms with E-state index in [1.54, 1.807) is 36.2 Å². The Bertz CT molecular complexity index is 1120. The topological polar surface area (TPSA) is 78.9 Å². The van der Waals surface area contributed by atoms with Gasteiger partial charge in [0.25, 0.3) is 0 Å². The Morgan fingerprint density at radius 2 is 1.78 bits per heavy atom. The van der Waals surface area contributed by atoms with Gasteiger partial charge in [-0.2, -0.15) is 5.10 Å². The number of methoxy groups -OCH3 is 1. The second kappa shape index (κ2) is 7.06. The lowest BCUT2D eigenvalue weighted by molar-refractivity contribution is 0.416. The number of nitrogens with zero attached hydrogens (tertiary/aromatic N) is 4. The number of rotatable bonds is 4. The fourth-order valence-electron chi connectivity index (χ4n) is 2.85. The van der Waals surface area contributed by atoms with E-state index in [1.807, 2.05) is 24.3 Å². The van der Waals surface area contributed by atoms with Crippen LogP contribution in [-0.2, 0) is 6.54 Å². The van der Waals surface area contributed by atoms with Crippen molar-refractivity contribution in [2.24, 2.45) is 0 Å². The SMILES string of the molecule is COc1ccccc1-c1nc(N)c2cn(Cc3c(Cl)cccc3Cl)nc2n1. The molecule has 4 aromatic rings. The molecule has 8 heteroatoms. The molecule has 27 heavy (non-hydrogen) atoms. The number of ether oxygens (including phenoxy) is 1. The van der Waals surface area contributed by atoms with Crippen LogP contribution in [0.4, 0.5) is 5.82 Å². The van der Waals surface area contributed by atoms with Crippen molar-refractivity contribution in [2.75, 3.05) is 12.8 Å². The van der Waals surface area contributed by atoms with Crippen molar-refractivity contribution in [3.05, 3.63) is 64.3 Å². The maximum Gasteiger partial charge on any atom is 0.186 e. The van der Waals surface area contributed by atoms with E-state index in [2.05, 4.69) is 15.1 Å². The van der Waals surface area contributed by atoms with Gasteiger partial charge in [-0.1, -0.05) is 41.4 Å². The van der Waals surface area contributed by atoms with Crippen molar-refractivity contribution in [1.82, 2.24) is 19.7 Å². The van der Waals surface area contributed by atoms with Crippen molar-refractivity contribution >= 4 is 40.1 Å². The van der Waals surface area contributed by atoms with Crippen LogP contribution in [0.1, 0.15) is 5.56 Å². The summed E-state index contributed by atoms with van der Waals surface area (Å²) in [6.07, 6.45) is 1.79. The molecule has 0 aliphatic heterocycles. The summed E-state index contributed by atoms with van der Waals surface area (Å²) < 4.78 is 7.09. The molecule has 0 atom stereocenters. The fourth-order valence-corrected chi connectivity index (χ4v) is 3.37. The van der Waals surface area contributed by atoms with Crippen LogP contribution in [0, 0.1) is 0 Å². The van der Waals surface area contributed by atoms with Gasteiger partial charge in [-0.05, 0) is 24.3 Å². The third-order valence-corrected chi connectivity index (χ3v) is 4.89. The predicted molar refractivity (Wildman–Crippen MR) is 107 cm³/mol. The first kappa shape index (κ1) is 17.6. The Labute approximate surface area is 165 Å². The minimum absolute atomic E-state index is 0.345. The summed E-state index contributed by atoms with van der Waals surface area (Å²) in [7, 11) is 1.60. The predicted octanol–water partition coefficient (Wildman–Crippen LogP) is 4.44. The Kier molecular flexibility index (Phi) is 4.59. The number of para-hydroxylation sites is 1. The van der Waals surface area contributed by atoms with E-state index < -0.39 is 0 Å². The summed E-state index contributed by atoms with van der Waals surface area (Å²) in [5.74, 6) is 1.47. The number of nitrogens with two attached hydrogens (primary N) is 1. The number of hydrogen-bond acceptors (Lipinski definition) is 5. The van der Waals surface area contributed by atoms with Gasteiger partial charge in [0.2, 0.25) is 0 Å². The van der Waals surface area contributed by atoms with Gasteiger partial charge in [-0.15, -0.1) is 0 Å². The van der Waals surface area contributed by atoms with Gasteiger partial charge in [0.15, 0.2) is 11.5 Å². The van der Waals surface area contributed by atoms with Crippen LogP contribution in [0.3, 0.4) is 0 Å². The highest BCUT2D eigenvalue weighted by molar-refractivity contribution is 6.35. The molecule has 0 saturated carbocycles. The molecule has 2 N–H and O–H groups in total. The molecule has 0 unspecified atom stereocenters. The van der Waals surface area contributed by atoms with Crippen molar-refractivity contribution in [2.45, 2.75) is 6.54 Å². The summed E-state index contributed by atoms with van der Waals surface area (Å²) in [4.78, 5) is 8.97. The van der Waals surface area contributed by atoms with Crippen molar-refractivity contribution in [3.8, 4) is 17.1 Å². The first-order chi connectivity index (χ1) is 13.1. The molecule has 0 fully saturated rings. The van der Waals surface area contributed by atoms with E-state index in [0.29, 0.717) is 45.0 Å². The van der Waals surface area contributed by atoms with Gasteiger partial charge in [-0.25, -0.2) is 9.97 Å². The van der Waals surface area contributed by atoms with E-state index in [0.717, 1.165) is 11.1 Å². The third kappa shape index (κ3) is 3.29. The first-order valence-corrected chi connectivity index (χ1v) is 8.89. The highest BCUT2D eigenvalue weighted by Gasteiger charge is 2.15. The molecule has 2 heterocycles. The maximum absolute atomic E-state index is 6.26. The number of nitrogen functional groups attached to an aromatic ring is 1. The quantitative estimate of drug-likeness (QED) is 0.548. The molecular weight excluding hydrogens is 385 g/mol. The Balaban J connectivity index is 1.78. The van der Waals surface area contributed by atoms with E-state index in [-0.39, 0.29) is 0 Å². The van der Waals surface area contributed by atoms with Crippen LogP contribution in [0.25, 0.3) is 22.4 Å². The third-order valence-electron chi connectivity index (χ3n) is 4.19. The van der Waals surface area contributed by atoms with E-state index in [4.69, 9.17) is 33.7 Å². The number of benzene rings is 2. The largest absolute Gasteiger partial charge is 0.496 e. The lowest BCUT2D eigenvalue weighted by Gasteiger charge is -2.07. The standard InChI is InChI=1S/C19H15Cl2N5O/c1-27-16-8-3-2-5-11(16)18-23-17(22)13-10-26(25-19(13)24-18)9-12-14(20)6-4-7-15(12)21/h2-8,10H,9H2,1H3,(H2,22,23,24,25). The lowest BCUT2D eigenvalue weighted by atomic mass is 10.2. The zero-order valence-corrected chi connectivity index (χ0v) is 15.9. The molecule has 0 aliphatic carbocycles. The zero-order chi connectivity index (χ0) is 19.0. The smallest absolute Gasteiger partial charge is 0.186 e. The van der Waals surface area contributed by atoms with Crippen molar-refractivity contribution in [1.29, 1.82) is 0 Å². The van der Waals surface area contributed by atoms with Crippen LogP contribution in [0.5, 0.6) is 5.75 Å². The fraction of sp³-hybridized carbons (Fsp3) is 0.105. The van der Waals surface area contributed by atoms with Crippen LogP contribution in [-0.4, -0.2) is 26.9 Å². The average Bonchev–Trinajstić information content (AvgIpc) is 3.08. The number of hydrogen-bond donors (Lipinski definition) is 1. The van der Waals surface area contributed by atoms with Crippen LogP contribution >= 0.6 is 23.2 Å². The molecule has 2 aromatic carbocycles. The number of fused-ring (bicyclic) bond motifs is 1. The van der Waals surface area contributed by atoms with Crippen LogP contribution in [0.15, 0.2) is 48.7 Å². The highest BCUT2D eigenvalue weighted by Crippen LogP contribution is 2.30. The van der Waals surface area contributed by atoms with E-state index >= 15 is 0 Å². The second-order valence-corrected chi connectivity index (χ2v) is 6.71. The van der Waals surface area contributed by atoms with Gasteiger partial charge in [0.05, 0.1) is 24.6 Å². The minimum Gasteiger partial charge on any atom is -0.496 e. The summed E-state index contributed by atoms with van der Waals surface area (Å²) in [5, 5.41) is 6.34. The number of aromatic nitrogens is 4. The zero-order valence-electron chi connectivity index (χ0n) is 14.4. The van der Waals surface area contributed by atoms with E-state index in [9.17, 15) is 0 Å². The normalized spacial score (nSPS) is 11.1. The van der Waals surface area contributed by atoms with E-state index in [1.165, 1.54) is 0 Å². The second-order valence-electron chi connectivity index (χ2n) is 5.90. The Hall–Kier alpha value is -2.83. The molecule has 0 radical (unpaired) electrons. The number of halogens is 2. The molecule has 0 aliphatic rings. The summed E-state index contributed by atoms with van der Waals surface area (Å²) >= 11 is 12.5. The van der Waals surface area contributed by atoms with Gasteiger partial charge in [-0.3, -0.25) is 4.68 Å². The van der Waals surface area contributed by atoms with Gasteiger partial charge >= 0.3 is 0 Å². The van der Waals surface area contributed by atoms with Gasteiger partial charge in [0, 0.05) is 21.8 Å². The molecule has 0 saturated heterocycles. The Morgan fingerprint density at radius 1 is 1.04 bits per heavy atom. The monoisotopic (exact) mass is 399 g/mol. The molecule has 0 bridgehead atoms. The molecule has 6 nitrogen and oxygen atoms in total. The molecule has 2 aromatic heterocycles. The Morgan fingerprint density at radius 3 is 2.52 bits per heavy atom. The summed E-state index contributed by atoms with van der Waals surface area (Å²) in [5.41, 5.74) is 8.18. The molecule has 136 valence electrons. The number of anilines is 1. The maximum atomic E-state index is 6.26. The van der Waals surface area contributed by atoms with Gasteiger partial charge < -0.3 is 10.5 Å². The lowest BCUT2D eigenvalue weighted by Crippen LogP contribution is -2.01. The molecular formula is C19H15Cl2N5O. The molecule has 0 amide bonds.